The molecule has 0 radical (unpaired) electrons. The van der Waals surface area contributed by atoms with Crippen LogP contribution in [0.2, 0.25) is 0 Å². The predicted octanol–water partition coefficient (Wildman–Crippen LogP) is 3.48. The number of hydrazine groups is 1. The van der Waals surface area contributed by atoms with Crippen LogP contribution in [0.3, 0.4) is 0 Å². The smallest absolute Gasteiger partial charge is 0.245 e. The van der Waals surface area contributed by atoms with Gasteiger partial charge in [0.1, 0.15) is 5.82 Å². The van der Waals surface area contributed by atoms with E-state index in [4.69, 9.17) is 12.2 Å². The molecule has 1 heterocycles. The molecule has 0 spiro atoms. The van der Waals surface area contributed by atoms with Crippen molar-refractivity contribution >= 4 is 40.0 Å². The molecule has 0 saturated carbocycles. The lowest BCUT2D eigenvalue weighted by Gasteiger charge is -2.12. The molecule has 3 aromatic rings. The van der Waals surface area contributed by atoms with Gasteiger partial charge in [-0.3, -0.25) is 15.6 Å². The van der Waals surface area contributed by atoms with Gasteiger partial charge in [0, 0.05) is 12.7 Å². The number of nitrogens with one attached hydrogen (secondary N) is 3. The maximum atomic E-state index is 12.2. The fourth-order valence-electron chi connectivity index (χ4n) is 2.97. The molecule has 3 N–H and O–H groups in total. The van der Waals surface area contributed by atoms with Crippen molar-refractivity contribution in [3.63, 3.8) is 0 Å². The number of thiocarbonyl (C=S) groups is 1. The van der Waals surface area contributed by atoms with Crippen molar-refractivity contribution < 1.29 is 4.79 Å². The molecular formula is C21H25N5OS. The second-order valence-corrected chi connectivity index (χ2v) is 7.09. The first-order valence-electron chi connectivity index (χ1n) is 9.42. The summed E-state index contributed by atoms with van der Waals surface area (Å²) < 4.78 is 1.92. The molecule has 28 heavy (non-hydrogen) atoms. The molecule has 146 valence electrons. The molecule has 0 aliphatic heterocycles. The Morgan fingerprint density at radius 2 is 1.86 bits per heavy atom. The van der Waals surface area contributed by atoms with E-state index in [9.17, 15) is 4.79 Å². The average Bonchev–Trinajstić information content (AvgIpc) is 3.01. The topological polar surface area (TPSA) is 71.0 Å². The number of carbonyl (C=O) groups excluding carboxylic acids is 1. The molecule has 3 rings (SSSR count). The summed E-state index contributed by atoms with van der Waals surface area (Å²) >= 11 is 5.24. The Morgan fingerprint density at radius 1 is 1.11 bits per heavy atom. The highest BCUT2D eigenvalue weighted by Crippen LogP contribution is 2.14. The van der Waals surface area contributed by atoms with Gasteiger partial charge in [0.2, 0.25) is 5.91 Å². The van der Waals surface area contributed by atoms with E-state index >= 15 is 0 Å². The number of aryl methyl sites for hydroxylation is 2. The summed E-state index contributed by atoms with van der Waals surface area (Å²) in [6.07, 6.45) is 3.61. The Bertz CT molecular complexity index is 965. The van der Waals surface area contributed by atoms with E-state index in [0.717, 1.165) is 23.1 Å². The maximum Gasteiger partial charge on any atom is 0.245 e. The van der Waals surface area contributed by atoms with E-state index in [0.29, 0.717) is 10.9 Å². The second kappa shape index (κ2) is 9.32. The number of imidazole rings is 1. The van der Waals surface area contributed by atoms with Crippen LogP contribution in [0, 0.1) is 0 Å². The largest absolute Gasteiger partial charge is 0.331 e. The Hall–Kier alpha value is -2.93. The van der Waals surface area contributed by atoms with E-state index in [-0.39, 0.29) is 12.3 Å². The molecule has 1 amide bonds. The van der Waals surface area contributed by atoms with Crippen molar-refractivity contribution in [1.29, 1.82) is 0 Å². The highest BCUT2D eigenvalue weighted by molar-refractivity contribution is 7.80. The predicted molar refractivity (Wildman–Crippen MR) is 117 cm³/mol. The van der Waals surface area contributed by atoms with Crippen molar-refractivity contribution in [2.24, 2.45) is 7.05 Å². The maximum absolute atomic E-state index is 12.2. The molecule has 1 aromatic heterocycles. The number of benzene rings is 2. The number of hydrogen-bond acceptors (Lipinski definition) is 3. The van der Waals surface area contributed by atoms with Crippen LogP contribution < -0.4 is 16.2 Å². The first-order chi connectivity index (χ1) is 13.6. The number of para-hydroxylation sites is 2. The van der Waals surface area contributed by atoms with E-state index in [1.807, 2.05) is 48.0 Å². The van der Waals surface area contributed by atoms with Crippen molar-refractivity contribution in [2.75, 3.05) is 5.32 Å². The third-order valence-corrected chi connectivity index (χ3v) is 4.75. The summed E-state index contributed by atoms with van der Waals surface area (Å²) in [6, 6.07) is 15.9. The van der Waals surface area contributed by atoms with Gasteiger partial charge >= 0.3 is 0 Å². The third kappa shape index (κ3) is 5.07. The van der Waals surface area contributed by atoms with Crippen molar-refractivity contribution in [1.82, 2.24) is 20.4 Å². The monoisotopic (exact) mass is 395 g/mol. The Kier molecular flexibility index (Phi) is 6.60. The van der Waals surface area contributed by atoms with Crippen LogP contribution in [-0.2, 0) is 24.7 Å². The SMILES string of the molecule is CCCCc1ccc(NC(=S)NNC(=O)Cc2nc3ccccc3n2C)cc1. The minimum Gasteiger partial charge on any atom is -0.331 e. The average molecular weight is 396 g/mol. The summed E-state index contributed by atoms with van der Waals surface area (Å²) in [6.45, 7) is 2.19. The standard InChI is InChI=1S/C21H25N5OS/c1-3-4-7-15-10-12-16(13-11-15)22-21(28)25-24-20(27)14-19-23-17-8-5-6-9-18(17)26(19)2/h5-6,8-13H,3-4,7,14H2,1-2H3,(H,24,27)(H2,22,25,28). The molecule has 0 aliphatic carbocycles. The van der Waals surface area contributed by atoms with Gasteiger partial charge in [-0.15, -0.1) is 0 Å². The molecule has 0 unspecified atom stereocenters. The van der Waals surface area contributed by atoms with Crippen LogP contribution >= 0.6 is 12.2 Å². The summed E-state index contributed by atoms with van der Waals surface area (Å²) in [5.74, 6) is 0.486. The number of rotatable bonds is 6. The molecule has 2 aromatic carbocycles. The van der Waals surface area contributed by atoms with Crippen LogP contribution in [0.25, 0.3) is 11.0 Å². The van der Waals surface area contributed by atoms with Crippen LogP contribution in [-0.4, -0.2) is 20.6 Å². The quantitative estimate of drug-likeness (QED) is 0.440. The van der Waals surface area contributed by atoms with Gasteiger partial charge in [-0.1, -0.05) is 37.6 Å². The van der Waals surface area contributed by atoms with Gasteiger partial charge < -0.3 is 9.88 Å². The number of unbranched alkanes of at least 4 members (excludes halogenated alkanes) is 1. The Morgan fingerprint density at radius 3 is 2.57 bits per heavy atom. The minimum absolute atomic E-state index is 0.160. The lowest BCUT2D eigenvalue weighted by Crippen LogP contribution is -2.44. The molecule has 0 saturated heterocycles. The number of anilines is 1. The van der Waals surface area contributed by atoms with Crippen molar-refractivity contribution in [3.8, 4) is 0 Å². The number of carbonyl (C=O) groups is 1. The molecular weight excluding hydrogens is 370 g/mol. The van der Waals surface area contributed by atoms with Gasteiger partial charge in [0.25, 0.3) is 0 Å². The Labute approximate surface area is 170 Å². The summed E-state index contributed by atoms with van der Waals surface area (Å²) in [5.41, 5.74) is 9.41. The fourth-order valence-corrected chi connectivity index (χ4v) is 3.13. The fraction of sp³-hybridized carbons (Fsp3) is 0.286. The van der Waals surface area contributed by atoms with E-state index in [1.54, 1.807) is 0 Å². The first-order valence-corrected chi connectivity index (χ1v) is 9.82. The number of nitrogens with zero attached hydrogens (tertiary/aromatic N) is 2. The van der Waals surface area contributed by atoms with E-state index < -0.39 is 0 Å². The van der Waals surface area contributed by atoms with Gasteiger partial charge in [0.15, 0.2) is 5.11 Å². The first kappa shape index (κ1) is 19.8. The van der Waals surface area contributed by atoms with Crippen molar-refractivity contribution in [3.05, 3.63) is 59.9 Å². The minimum atomic E-state index is -0.211. The lowest BCUT2D eigenvalue weighted by molar-refractivity contribution is -0.121. The number of amides is 1. The zero-order chi connectivity index (χ0) is 19.9. The summed E-state index contributed by atoms with van der Waals surface area (Å²) in [4.78, 5) is 16.7. The summed E-state index contributed by atoms with van der Waals surface area (Å²) in [5, 5.41) is 3.40. The molecule has 7 heteroatoms. The molecule has 0 atom stereocenters. The molecule has 6 nitrogen and oxygen atoms in total. The second-order valence-electron chi connectivity index (χ2n) is 6.68. The van der Waals surface area contributed by atoms with E-state index in [2.05, 4.69) is 40.2 Å². The Balaban J connectivity index is 1.48. The number of hydrogen-bond donors (Lipinski definition) is 3. The number of fused-ring (bicyclic) bond motifs is 1. The van der Waals surface area contributed by atoms with Gasteiger partial charge in [-0.25, -0.2) is 4.98 Å². The lowest BCUT2D eigenvalue weighted by atomic mass is 10.1. The normalized spacial score (nSPS) is 10.6. The van der Waals surface area contributed by atoms with Crippen LogP contribution in [0.1, 0.15) is 31.2 Å². The zero-order valence-electron chi connectivity index (χ0n) is 16.2. The highest BCUT2D eigenvalue weighted by atomic mass is 32.1. The molecule has 0 aliphatic rings. The molecule has 0 bridgehead atoms. The third-order valence-electron chi connectivity index (χ3n) is 4.54. The van der Waals surface area contributed by atoms with Gasteiger partial charge in [-0.2, -0.15) is 0 Å². The number of aromatic nitrogens is 2. The van der Waals surface area contributed by atoms with Gasteiger partial charge in [0.05, 0.1) is 17.5 Å². The summed E-state index contributed by atoms with van der Waals surface area (Å²) in [7, 11) is 1.90. The van der Waals surface area contributed by atoms with Crippen LogP contribution in [0.15, 0.2) is 48.5 Å². The zero-order valence-corrected chi connectivity index (χ0v) is 17.0. The van der Waals surface area contributed by atoms with Crippen molar-refractivity contribution in [2.45, 2.75) is 32.6 Å². The highest BCUT2D eigenvalue weighted by Gasteiger charge is 2.11. The van der Waals surface area contributed by atoms with E-state index in [1.165, 1.54) is 18.4 Å². The van der Waals surface area contributed by atoms with Crippen LogP contribution in [0.5, 0.6) is 0 Å². The van der Waals surface area contributed by atoms with Gasteiger partial charge in [-0.05, 0) is 54.9 Å². The van der Waals surface area contributed by atoms with Crippen LogP contribution in [0.4, 0.5) is 5.69 Å². The molecule has 0 fully saturated rings.